The van der Waals surface area contributed by atoms with Gasteiger partial charge in [-0.1, -0.05) is 48.9 Å². The molecule has 7 heteroatoms. The van der Waals surface area contributed by atoms with E-state index in [-0.39, 0.29) is 29.9 Å². The minimum atomic E-state index is -1.36. The van der Waals surface area contributed by atoms with Gasteiger partial charge < -0.3 is 10.0 Å². The molecule has 0 spiro atoms. The lowest BCUT2D eigenvalue weighted by atomic mass is 10.1. The van der Waals surface area contributed by atoms with Gasteiger partial charge in [-0.3, -0.25) is 4.79 Å². The molecular formula is C17H16ClFN2O3. The maximum absolute atomic E-state index is 14.6. The molecule has 1 amide bonds. The fraction of sp³-hybridized carbons (Fsp3) is 0.235. The number of hydrogen-bond donors (Lipinski definition) is 1. The van der Waals surface area contributed by atoms with Crippen molar-refractivity contribution < 1.29 is 19.1 Å². The molecule has 0 radical (unpaired) electrons. The summed E-state index contributed by atoms with van der Waals surface area (Å²) in [5.74, 6) is -2.87. The second-order valence-corrected chi connectivity index (χ2v) is 5.49. The lowest BCUT2D eigenvalue weighted by molar-refractivity contribution is -0.116. The number of aromatic nitrogens is 1. The molecule has 1 heterocycles. The highest BCUT2D eigenvalue weighted by molar-refractivity contribution is 6.30. The van der Waals surface area contributed by atoms with Crippen LogP contribution in [0.15, 0.2) is 30.3 Å². The summed E-state index contributed by atoms with van der Waals surface area (Å²) >= 11 is 5.81. The van der Waals surface area contributed by atoms with Crippen LogP contribution in [0.4, 0.5) is 10.1 Å². The fourth-order valence-corrected chi connectivity index (χ4v) is 2.61. The molecule has 1 aromatic carbocycles. The van der Waals surface area contributed by atoms with Crippen LogP contribution in [0.5, 0.6) is 0 Å². The van der Waals surface area contributed by atoms with Crippen molar-refractivity contribution in [2.45, 2.75) is 26.8 Å². The van der Waals surface area contributed by atoms with Crippen LogP contribution in [-0.2, 0) is 17.8 Å². The molecule has 0 fully saturated rings. The van der Waals surface area contributed by atoms with Gasteiger partial charge >= 0.3 is 5.97 Å². The number of nitrogens with zero attached hydrogens (tertiary/aromatic N) is 2. The fourth-order valence-electron chi connectivity index (χ4n) is 2.42. The number of benzene rings is 1. The summed E-state index contributed by atoms with van der Waals surface area (Å²) in [5.41, 5.74) is 0.166. The highest BCUT2D eigenvalue weighted by atomic mass is 35.5. The summed E-state index contributed by atoms with van der Waals surface area (Å²) in [4.78, 5) is 28.6. The van der Waals surface area contributed by atoms with Gasteiger partial charge in [-0.2, -0.15) is 0 Å². The van der Waals surface area contributed by atoms with E-state index < -0.39 is 22.8 Å². The maximum atomic E-state index is 14.6. The molecule has 0 bridgehead atoms. The van der Waals surface area contributed by atoms with Gasteiger partial charge in [0.2, 0.25) is 5.91 Å². The third-order valence-corrected chi connectivity index (χ3v) is 3.78. The number of aryl methyl sites for hydroxylation is 1. The van der Waals surface area contributed by atoms with Gasteiger partial charge in [0, 0.05) is 6.92 Å². The van der Waals surface area contributed by atoms with E-state index in [0.717, 1.165) is 10.5 Å². The van der Waals surface area contributed by atoms with Crippen LogP contribution >= 0.6 is 11.6 Å². The number of aromatic carboxylic acids is 1. The van der Waals surface area contributed by atoms with E-state index in [0.29, 0.717) is 0 Å². The van der Waals surface area contributed by atoms with Crippen LogP contribution in [0.3, 0.4) is 0 Å². The summed E-state index contributed by atoms with van der Waals surface area (Å²) in [5, 5.41) is 9.05. The van der Waals surface area contributed by atoms with Gasteiger partial charge in [-0.15, -0.1) is 0 Å². The maximum Gasteiger partial charge on any atom is 0.339 e. The Bertz CT molecular complexity index is 781. The van der Waals surface area contributed by atoms with Crippen LogP contribution in [-0.4, -0.2) is 22.0 Å². The zero-order valence-electron chi connectivity index (χ0n) is 13.2. The van der Waals surface area contributed by atoms with Crippen molar-refractivity contribution in [2.75, 3.05) is 4.90 Å². The first-order chi connectivity index (χ1) is 11.4. The molecule has 0 unspecified atom stereocenters. The second-order valence-electron chi connectivity index (χ2n) is 5.14. The molecule has 1 aromatic heterocycles. The van der Waals surface area contributed by atoms with E-state index in [9.17, 15) is 19.1 Å². The Balaban J connectivity index is 2.67. The molecule has 0 aliphatic heterocycles. The predicted octanol–water partition coefficient (Wildman–Crippen LogP) is 3.69. The Morgan fingerprint density at radius 2 is 1.92 bits per heavy atom. The van der Waals surface area contributed by atoms with Gasteiger partial charge in [-0.05, 0) is 12.0 Å². The van der Waals surface area contributed by atoms with E-state index in [2.05, 4.69) is 4.98 Å². The molecule has 2 aromatic rings. The van der Waals surface area contributed by atoms with Crippen LogP contribution in [0.2, 0.25) is 5.15 Å². The molecule has 0 aliphatic rings. The topological polar surface area (TPSA) is 70.5 Å². The average molecular weight is 351 g/mol. The first-order valence-corrected chi connectivity index (χ1v) is 7.67. The number of carbonyl (C=O) groups excluding carboxylic acids is 1. The summed E-state index contributed by atoms with van der Waals surface area (Å²) in [7, 11) is 0. The van der Waals surface area contributed by atoms with Gasteiger partial charge in [0.25, 0.3) is 0 Å². The lowest BCUT2D eigenvalue weighted by Crippen LogP contribution is -2.31. The van der Waals surface area contributed by atoms with Crippen molar-refractivity contribution in [1.29, 1.82) is 0 Å². The molecule has 24 heavy (non-hydrogen) atoms. The largest absolute Gasteiger partial charge is 0.478 e. The Hall–Kier alpha value is -2.47. The molecule has 1 N–H and O–H groups in total. The third-order valence-electron chi connectivity index (χ3n) is 3.53. The van der Waals surface area contributed by atoms with Gasteiger partial charge in [0.15, 0.2) is 11.0 Å². The van der Waals surface area contributed by atoms with E-state index in [1.807, 2.05) is 6.07 Å². The minimum Gasteiger partial charge on any atom is -0.478 e. The molecule has 2 rings (SSSR count). The Morgan fingerprint density at radius 1 is 1.29 bits per heavy atom. The van der Waals surface area contributed by atoms with E-state index in [1.165, 1.54) is 6.92 Å². The SMILES string of the molecule is CCc1nc(Cl)c(F)c(N(Cc2ccccc2)C(C)=O)c1C(=O)O. The molecule has 126 valence electrons. The first-order valence-electron chi connectivity index (χ1n) is 7.30. The summed E-state index contributed by atoms with van der Waals surface area (Å²) in [6.45, 7) is 2.95. The zero-order chi connectivity index (χ0) is 17.9. The van der Waals surface area contributed by atoms with E-state index in [4.69, 9.17) is 11.6 Å². The number of rotatable bonds is 5. The van der Waals surface area contributed by atoms with Crippen molar-refractivity contribution in [3.8, 4) is 0 Å². The number of carbonyl (C=O) groups is 2. The molecule has 5 nitrogen and oxygen atoms in total. The predicted molar refractivity (Wildman–Crippen MR) is 88.8 cm³/mol. The molecule has 0 saturated heterocycles. The highest BCUT2D eigenvalue weighted by Crippen LogP contribution is 2.32. The number of anilines is 1. The van der Waals surface area contributed by atoms with Crippen molar-refractivity contribution >= 4 is 29.2 Å². The van der Waals surface area contributed by atoms with Crippen LogP contribution in [0.25, 0.3) is 0 Å². The normalized spacial score (nSPS) is 10.5. The second kappa shape index (κ2) is 7.40. The standard InChI is InChI=1S/C17H16ClFN2O3/c1-3-12-13(17(23)24)15(14(19)16(18)20-12)21(10(2)22)9-11-7-5-4-6-8-11/h4-8H,3,9H2,1-2H3,(H,23,24). The van der Waals surface area contributed by atoms with Crippen LogP contribution in [0, 0.1) is 5.82 Å². The minimum absolute atomic E-state index is 0.0247. The number of pyridine rings is 1. The van der Waals surface area contributed by atoms with Crippen molar-refractivity contribution in [3.05, 3.63) is 58.1 Å². The highest BCUT2D eigenvalue weighted by Gasteiger charge is 2.29. The van der Waals surface area contributed by atoms with Crippen molar-refractivity contribution in [1.82, 2.24) is 4.98 Å². The van der Waals surface area contributed by atoms with Crippen LogP contribution < -0.4 is 4.90 Å². The average Bonchev–Trinajstić information content (AvgIpc) is 2.55. The number of hydrogen-bond acceptors (Lipinski definition) is 3. The van der Waals surface area contributed by atoms with Gasteiger partial charge in [0.05, 0.1) is 17.9 Å². The van der Waals surface area contributed by atoms with Gasteiger partial charge in [0.1, 0.15) is 5.56 Å². The third kappa shape index (κ3) is 3.54. The molecular weight excluding hydrogens is 335 g/mol. The van der Waals surface area contributed by atoms with Crippen molar-refractivity contribution in [3.63, 3.8) is 0 Å². The van der Waals surface area contributed by atoms with E-state index in [1.54, 1.807) is 31.2 Å². The number of halogens is 2. The van der Waals surface area contributed by atoms with Crippen molar-refractivity contribution in [2.24, 2.45) is 0 Å². The summed E-state index contributed by atoms with van der Waals surface area (Å²) in [6, 6.07) is 8.89. The van der Waals surface area contributed by atoms with E-state index >= 15 is 0 Å². The monoisotopic (exact) mass is 350 g/mol. The number of carboxylic acids is 1. The number of amides is 1. The quantitative estimate of drug-likeness (QED) is 0.835. The first kappa shape index (κ1) is 17.9. The summed E-state index contributed by atoms with van der Waals surface area (Å²) in [6.07, 6.45) is 0.242. The van der Waals surface area contributed by atoms with Gasteiger partial charge in [-0.25, -0.2) is 14.2 Å². The Kier molecular flexibility index (Phi) is 5.51. The number of carboxylic acid groups (broad SMARTS) is 1. The molecule has 0 saturated carbocycles. The summed E-state index contributed by atoms with van der Waals surface area (Å²) < 4.78 is 14.6. The zero-order valence-corrected chi connectivity index (χ0v) is 14.0. The lowest BCUT2D eigenvalue weighted by Gasteiger charge is -2.25. The Labute approximate surface area is 143 Å². The smallest absolute Gasteiger partial charge is 0.339 e. The molecule has 0 atom stereocenters. The molecule has 0 aliphatic carbocycles. The Morgan fingerprint density at radius 3 is 2.42 bits per heavy atom. The van der Waals surface area contributed by atoms with Crippen LogP contribution in [0.1, 0.15) is 35.5 Å².